The monoisotopic (exact) mass is 301 g/mol. The van der Waals surface area contributed by atoms with Crippen molar-refractivity contribution in [2.75, 3.05) is 7.05 Å². The summed E-state index contributed by atoms with van der Waals surface area (Å²) in [5, 5.41) is 5.34. The van der Waals surface area contributed by atoms with Crippen LogP contribution < -0.4 is 5.32 Å². The van der Waals surface area contributed by atoms with Gasteiger partial charge in [0.15, 0.2) is 11.6 Å². The first-order chi connectivity index (χ1) is 9.08. The molecule has 0 amide bonds. The minimum atomic E-state index is -0.925. The van der Waals surface area contributed by atoms with Crippen LogP contribution in [-0.2, 0) is 6.42 Å². The second kappa shape index (κ2) is 5.99. The third-order valence-corrected chi connectivity index (χ3v) is 4.41. The van der Waals surface area contributed by atoms with Gasteiger partial charge in [-0.05, 0) is 48.2 Å². The highest BCUT2D eigenvalue weighted by Gasteiger charge is 2.21. The summed E-state index contributed by atoms with van der Waals surface area (Å²) in [5.74, 6) is -1.81. The number of aryl methyl sites for hydroxylation is 1. The van der Waals surface area contributed by atoms with Gasteiger partial charge in [0.05, 0.1) is 6.04 Å². The number of halogens is 3. The lowest BCUT2D eigenvalue weighted by Crippen LogP contribution is -2.18. The van der Waals surface area contributed by atoms with E-state index in [4.69, 9.17) is 11.6 Å². The minimum Gasteiger partial charge on any atom is -0.309 e. The van der Waals surface area contributed by atoms with Gasteiger partial charge in [-0.25, -0.2) is 8.78 Å². The first kappa shape index (κ1) is 14.4. The Morgan fingerprint density at radius 2 is 2.00 bits per heavy atom. The van der Waals surface area contributed by atoms with Crippen LogP contribution in [0.1, 0.15) is 29.0 Å². The smallest absolute Gasteiger partial charge is 0.160 e. The number of hydrogen-bond acceptors (Lipinski definition) is 2. The molecule has 0 spiro atoms. The Hall–Kier alpha value is -0.970. The third-order valence-electron chi connectivity index (χ3n) is 3.06. The van der Waals surface area contributed by atoms with Crippen molar-refractivity contribution in [3.63, 3.8) is 0 Å². The number of rotatable bonds is 4. The Kier molecular flexibility index (Phi) is 4.55. The van der Waals surface area contributed by atoms with Crippen molar-refractivity contribution >= 4 is 22.9 Å². The van der Waals surface area contributed by atoms with Crippen LogP contribution in [0, 0.1) is 11.6 Å². The van der Waals surface area contributed by atoms with E-state index < -0.39 is 11.6 Å². The summed E-state index contributed by atoms with van der Waals surface area (Å²) in [7, 11) is 1.78. The van der Waals surface area contributed by atoms with Crippen LogP contribution in [0.15, 0.2) is 23.6 Å². The molecule has 5 heteroatoms. The summed E-state index contributed by atoms with van der Waals surface area (Å²) in [4.78, 5) is 1.08. The van der Waals surface area contributed by atoms with E-state index in [0.717, 1.165) is 23.4 Å². The summed E-state index contributed by atoms with van der Waals surface area (Å²) < 4.78 is 26.6. The van der Waals surface area contributed by atoms with Crippen LogP contribution in [0.4, 0.5) is 8.78 Å². The highest BCUT2D eigenvalue weighted by Crippen LogP contribution is 2.34. The van der Waals surface area contributed by atoms with Crippen LogP contribution in [0.3, 0.4) is 0 Å². The van der Waals surface area contributed by atoms with E-state index >= 15 is 0 Å². The average molecular weight is 302 g/mol. The first-order valence-corrected chi connectivity index (χ1v) is 7.22. The Balaban J connectivity index is 2.51. The van der Waals surface area contributed by atoms with Crippen molar-refractivity contribution in [3.8, 4) is 0 Å². The standard InChI is InChI=1S/C14H14ClF2NS/c1-3-8-4-5-19-14(8)13(18-2)9-6-11(16)12(17)7-10(9)15/h4-7,13,18H,3H2,1-2H3. The maximum atomic E-state index is 13.4. The first-order valence-electron chi connectivity index (χ1n) is 5.96. The lowest BCUT2D eigenvalue weighted by Gasteiger charge is -2.18. The lowest BCUT2D eigenvalue weighted by molar-refractivity contribution is 0.505. The Bertz CT molecular complexity index is 583. The molecule has 1 unspecified atom stereocenters. The molecule has 2 aromatic rings. The predicted molar refractivity (Wildman–Crippen MR) is 76.0 cm³/mol. The van der Waals surface area contributed by atoms with Crippen molar-refractivity contribution in [1.29, 1.82) is 0 Å². The SMILES string of the molecule is CCc1ccsc1C(NC)c1cc(F)c(F)cc1Cl. The van der Waals surface area contributed by atoms with Gasteiger partial charge in [-0.3, -0.25) is 0 Å². The lowest BCUT2D eigenvalue weighted by atomic mass is 10.0. The maximum absolute atomic E-state index is 13.4. The van der Waals surface area contributed by atoms with E-state index in [1.165, 1.54) is 5.56 Å². The highest BCUT2D eigenvalue weighted by molar-refractivity contribution is 7.10. The van der Waals surface area contributed by atoms with E-state index in [9.17, 15) is 8.78 Å². The molecular weight excluding hydrogens is 288 g/mol. The van der Waals surface area contributed by atoms with Crippen molar-refractivity contribution in [2.24, 2.45) is 0 Å². The topological polar surface area (TPSA) is 12.0 Å². The summed E-state index contributed by atoms with van der Waals surface area (Å²) >= 11 is 7.63. The minimum absolute atomic E-state index is 0.224. The van der Waals surface area contributed by atoms with Gasteiger partial charge in [0.2, 0.25) is 0 Å². The van der Waals surface area contributed by atoms with E-state index in [1.54, 1.807) is 18.4 Å². The zero-order chi connectivity index (χ0) is 14.0. The van der Waals surface area contributed by atoms with Crippen molar-refractivity contribution in [3.05, 3.63) is 56.2 Å². The molecule has 0 fully saturated rings. The van der Waals surface area contributed by atoms with Gasteiger partial charge in [0.25, 0.3) is 0 Å². The quantitative estimate of drug-likeness (QED) is 0.817. The van der Waals surface area contributed by atoms with E-state index in [0.29, 0.717) is 5.56 Å². The molecule has 2 rings (SSSR count). The molecule has 102 valence electrons. The van der Waals surface area contributed by atoms with Gasteiger partial charge < -0.3 is 5.32 Å². The van der Waals surface area contributed by atoms with Crippen molar-refractivity contribution in [1.82, 2.24) is 5.32 Å². The van der Waals surface area contributed by atoms with Crippen molar-refractivity contribution in [2.45, 2.75) is 19.4 Å². The number of thiophene rings is 1. The molecule has 0 aliphatic rings. The molecule has 1 aromatic carbocycles. The Morgan fingerprint density at radius 1 is 1.32 bits per heavy atom. The number of benzene rings is 1. The van der Waals surface area contributed by atoms with E-state index in [2.05, 4.69) is 12.2 Å². The van der Waals surface area contributed by atoms with Gasteiger partial charge in [0, 0.05) is 9.90 Å². The second-order valence-corrected chi connectivity index (χ2v) is 5.53. The van der Waals surface area contributed by atoms with Gasteiger partial charge in [-0.15, -0.1) is 11.3 Å². The normalized spacial score (nSPS) is 12.7. The van der Waals surface area contributed by atoms with E-state index in [1.807, 2.05) is 11.4 Å². The molecule has 0 aliphatic carbocycles. The maximum Gasteiger partial charge on any atom is 0.160 e. The summed E-state index contributed by atoms with van der Waals surface area (Å²) in [6, 6.07) is 4.00. The van der Waals surface area contributed by atoms with Crippen LogP contribution in [0.25, 0.3) is 0 Å². The molecular formula is C14H14ClF2NS. The molecule has 0 aliphatic heterocycles. The zero-order valence-electron chi connectivity index (χ0n) is 10.6. The Labute approximate surface area is 120 Å². The second-order valence-electron chi connectivity index (χ2n) is 4.17. The summed E-state index contributed by atoms with van der Waals surface area (Å²) in [5.41, 5.74) is 1.74. The number of nitrogens with one attached hydrogen (secondary N) is 1. The number of hydrogen-bond donors (Lipinski definition) is 1. The molecule has 1 N–H and O–H groups in total. The zero-order valence-corrected chi connectivity index (χ0v) is 12.2. The van der Waals surface area contributed by atoms with Crippen LogP contribution in [-0.4, -0.2) is 7.05 Å². The van der Waals surface area contributed by atoms with Gasteiger partial charge in [0.1, 0.15) is 0 Å². The predicted octanol–water partition coefficient (Wildman–Crippen LogP) is 4.55. The fourth-order valence-electron chi connectivity index (χ4n) is 2.08. The fourth-order valence-corrected chi connectivity index (χ4v) is 3.46. The highest BCUT2D eigenvalue weighted by atomic mass is 35.5. The summed E-state index contributed by atoms with van der Waals surface area (Å²) in [6.45, 7) is 2.06. The summed E-state index contributed by atoms with van der Waals surface area (Å²) in [6.07, 6.45) is 0.887. The van der Waals surface area contributed by atoms with Gasteiger partial charge >= 0.3 is 0 Å². The van der Waals surface area contributed by atoms with Crippen LogP contribution in [0.2, 0.25) is 5.02 Å². The average Bonchev–Trinajstić information content (AvgIpc) is 2.84. The van der Waals surface area contributed by atoms with Crippen molar-refractivity contribution < 1.29 is 8.78 Å². The largest absolute Gasteiger partial charge is 0.309 e. The Morgan fingerprint density at radius 3 is 2.63 bits per heavy atom. The molecule has 0 bridgehead atoms. The molecule has 1 atom stereocenters. The fraction of sp³-hybridized carbons (Fsp3) is 0.286. The van der Waals surface area contributed by atoms with Crippen LogP contribution >= 0.6 is 22.9 Å². The molecule has 19 heavy (non-hydrogen) atoms. The molecule has 0 saturated carbocycles. The van der Waals surface area contributed by atoms with Gasteiger partial charge in [-0.1, -0.05) is 18.5 Å². The molecule has 1 heterocycles. The molecule has 1 aromatic heterocycles. The van der Waals surface area contributed by atoms with Crippen LogP contribution in [0.5, 0.6) is 0 Å². The van der Waals surface area contributed by atoms with E-state index in [-0.39, 0.29) is 11.1 Å². The molecule has 0 radical (unpaired) electrons. The molecule has 1 nitrogen and oxygen atoms in total. The molecule has 0 saturated heterocycles. The van der Waals surface area contributed by atoms with Gasteiger partial charge in [-0.2, -0.15) is 0 Å². The third kappa shape index (κ3) is 2.81.